The van der Waals surface area contributed by atoms with Crippen molar-refractivity contribution in [2.24, 2.45) is 0 Å². The maximum absolute atomic E-state index is 4.44. The molecule has 0 saturated carbocycles. The smallest absolute Gasteiger partial charge is 0.0708 e. The summed E-state index contributed by atoms with van der Waals surface area (Å²) < 4.78 is 0. The van der Waals surface area contributed by atoms with E-state index in [9.17, 15) is 0 Å². The van der Waals surface area contributed by atoms with Crippen molar-refractivity contribution < 1.29 is 0 Å². The third kappa shape index (κ3) is 1.93. The number of aromatic nitrogens is 1. The van der Waals surface area contributed by atoms with Crippen LogP contribution >= 0.6 is 15.9 Å². The highest BCUT2D eigenvalue weighted by Gasteiger charge is 2.07. The molecule has 0 radical (unpaired) electrons. The zero-order valence-corrected chi connectivity index (χ0v) is 11.4. The first kappa shape index (κ1) is 11.4. The van der Waals surface area contributed by atoms with Crippen molar-refractivity contribution in [1.29, 1.82) is 0 Å². The molecule has 0 unspecified atom stereocenters. The van der Waals surface area contributed by atoms with Crippen LogP contribution in [0.2, 0.25) is 0 Å². The van der Waals surface area contributed by atoms with Crippen molar-refractivity contribution in [1.82, 2.24) is 4.98 Å². The molecule has 0 fully saturated rings. The number of halogens is 1. The Labute approximate surface area is 115 Å². The van der Waals surface area contributed by atoms with Gasteiger partial charge in [0.2, 0.25) is 0 Å². The van der Waals surface area contributed by atoms with E-state index >= 15 is 0 Å². The van der Waals surface area contributed by atoms with Gasteiger partial charge in [-0.3, -0.25) is 4.98 Å². The van der Waals surface area contributed by atoms with Crippen LogP contribution in [-0.2, 0) is 5.33 Å². The first-order valence-corrected chi connectivity index (χ1v) is 7.00. The van der Waals surface area contributed by atoms with Gasteiger partial charge in [0, 0.05) is 17.1 Å². The standard InChI is InChI=1S/C16H12BrN/c17-11-12-8-9-15(16-7-3-4-10-18-16)14-6-2-1-5-13(12)14/h1-10H,11H2. The quantitative estimate of drug-likeness (QED) is 0.619. The van der Waals surface area contributed by atoms with Crippen LogP contribution in [0.3, 0.4) is 0 Å². The minimum absolute atomic E-state index is 0.871. The van der Waals surface area contributed by atoms with Gasteiger partial charge < -0.3 is 0 Å². The average molecular weight is 298 g/mol. The first-order valence-electron chi connectivity index (χ1n) is 5.88. The van der Waals surface area contributed by atoms with E-state index in [-0.39, 0.29) is 0 Å². The second kappa shape index (κ2) is 4.91. The second-order valence-corrected chi connectivity index (χ2v) is 4.73. The monoisotopic (exact) mass is 297 g/mol. The van der Waals surface area contributed by atoms with E-state index < -0.39 is 0 Å². The molecule has 18 heavy (non-hydrogen) atoms. The van der Waals surface area contributed by atoms with E-state index in [1.807, 2.05) is 18.3 Å². The predicted molar refractivity (Wildman–Crippen MR) is 79.8 cm³/mol. The van der Waals surface area contributed by atoms with E-state index in [0.29, 0.717) is 0 Å². The molecule has 2 heteroatoms. The number of hydrogen-bond acceptors (Lipinski definition) is 1. The minimum atomic E-state index is 0.871. The summed E-state index contributed by atoms with van der Waals surface area (Å²) in [6, 6.07) is 18.8. The molecule has 1 nitrogen and oxygen atoms in total. The summed E-state index contributed by atoms with van der Waals surface area (Å²) in [6.45, 7) is 0. The van der Waals surface area contributed by atoms with E-state index in [0.717, 1.165) is 11.0 Å². The van der Waals surface area contributed by atoms with Gasteiger partial charge in [0.15, 0.2) is 0 Å². The molecule has 0 N–H and O–H groups in total. The summed E-state index contributed by atoms with van der Waals surface area (Å²) >= 11 is 3.54. The van der Waals surface area contributed by atoms with Crippen molar-refractivity contribution in [3.05, 3.63) is 66.4 Å². The lowest BCUT2D eigenvalue weighted by Gasteiger charge is -2.09. The van der Waals surface area contributed by atoms with Crippen molar-refractivity contribution in [2.75, 3.05) is 0 Å². The van der Waals surface area contributed by atoms with Gasteiger partial charge in [-0.25, -0.2) is 0 Å². The van der Waals surface area contributed by atoms with Crippen molar-refractivity contribution in [3.8, 4) is 11.3 Å². The van der Waals surface area contributed by atoms with Gasteiger partial charge in [-0.1, -0.05) is 58.4 Å². The van der Waals surface area contributed by atoms with Crippen molar-refractivity contribution >= 4 is 26.7 Å². The Bertz CT molecular complexity index is 677. The number of fused-ring (bicyclic) bond motifs is 1. The Balaban J connectivity index is 2.32. The van der Waals surface area contributed by atoms with Crippen LogP contribution in [0.15, 0.2) is 60.8 Å². The fourth-order valence-electron chi connectivity index (χ4n) is 2.22. The molecule has 0 saturated heterocycles. The van der Waals surface area contributed by atoms with Crippen molar-refractivity contribution in [3.63, 3.8) is 0 Å². The summed E-state index contributed by atoms with van der Waals surface area (Å²) in [7, 11) is 0. The molecule has 0 aliphatic rings. The molecule has 88 valence electrons. The highest BCUT2D eigenvalue weighted by atomic mass is 79.9. The first-order chi connectivity index (χ1) is 8.90. The molecule has 0 bridgehead atoms. The van der Waals surface area contributed by atoms with Gasteiger partial charge in [-0.2, -0.15) is 0 Å². The summed E-state index contributed by atoms with van der Waals surface area (Å²) in [4.78, 5) is 4.44. The molecule has 0 spiro atoms. The number of rotatable bonds is 2. The van der Waals surface area contributed by atoms with E-state index in [1.165, 1.54) is 21.9 Å². The number of nitrogens with zero attached hydrogens (tertiary/aromatic N) is 1. The zero-order chi connectivity index (χ0) is 12.4. The largest absolute Gasteiger partial charge is 0.256 e. The van der Waals surface area contributed by atoms with Crippen LogP contribution < -0.4 is 0 Å². The highest BCUT2D eigenvalue weighted by Crippen LogP contribution is 2.30. The van der Waals surface area contributed by atoms with Gasteiger partial charge in [-0.05, 0) is 28.5 Å². The molecule has 0 aliphatic heterocycles. The Hall–Kier alpha value is -1.67. The molecular weight excluding hydrogens is 286 g/mol. The van der Waals surface area contributed by atoms with E-state index in [1.54, 1.807) is 0 Å². The maximum Gasteiger partial charge on any atom is 0.0708 e. The Morgan fingerprint density at radius 2 is 1.61 bits per heavy atom. The molecule has 0 atom stereocenters. The van der Waals surface area contributed by atoms with Crippen LogP contribution in [0.5, 0.6) is 0 Å². The zero-order valence-electron chi connectivity index (χ0n) is 9.81. The normalized spacial score (nSPS) is 10.7. The van der Waals surface area contributed by atoms with Crippen LogP contribution in [0.25, 0.3) is 22.0 Å². The average Bonchev–Trinajstić information content (AvgIpc) is 2.47. The van der Waals surface area contributed by atoms with Crippen LogP contribution in [0.1, 0.15) is 5.56 Å². The Morgan fingerprint density at radius 3 is 2.33 bits per heavy atom. The number of benzene rings is 2. The van der Waals surface area contributed by atoms with Gasteiger partial charge in [-0.15, -0.1) is 0 Å². The minimum Gasteiger partial charge on any atom is -0.256 e. The maximum atomic E-state index is 4.44. The number of hydrogen-bond donors (Lipinski definition) is 0. The van der Waals surface area contributed by atoms with Crippen LogP contribution in [-0.4, -0.2) is 4.98 Å². The summed E-state index contributed by atoms with van der Waals surface area (Å²) in [6.07, 6.45) is 1.84. The number of pyridine rings is 1. The van der Waals surface area contributed by atoms with Crippen LogP contribution in [0, 0.1) is 0 Å². The molecular formula is C16H12BrN. The lowest BCUT2D eigenvalue weighted by molar-refractivity contribution is 1.33. The predicted octanol–water partition coefficient (Wildman–Crippen LogP) is 4.80. The topological polar surface area (TPSA) is 12.9 Å². The molecule has 2 aromatic carbocycles. The highest BCUT2D eigenvalue weighted by molar-refractivity contribution is 9.08. The SMILES string of the molecule is BrCc1ccc(-c2ccccn2)c2ccccc12. The fraction of sp³-hybridized carbons (Fsp3) is 0.0625. The molecule has 1 aromatic heterocycles. The molecule has 0 aliphatic carbocycles. The summed E-state index contributed by atoms with van der Waals surface area (Å²) in [5.74, 6) is 0. The summed E-state index contributed by atoms with van der Waals surface area (Å²) in [5.41, 5.74) is 3.52. The third-order valence-electron chi connectivity index (χ3n) is 3.10. The molecule has 3 aromatic rings. The van der Waals surface area contributed by atoms with Crippen LogP contribution in [0.4, 0.5) is 0 Å². The van der Waals surface area contributed by atoms with E-state index in [4.69, 9.17) is 0 Å². The van der Waals surface area contributed by atoms with Crippen molar-refractivity contribution in [2.45, 2.75) is 5.33 Å². The second-order valence-electron chi connectivity index (χ2n) is 4.17. The lowest BCUT2D eigenvalue weighted by atomic mass is 9.98. The lowest BCUT2D eigenvalue weighted by Crippen LogP contribution is -1.88. The number of alkyl halides is 1. The molecule has 0 amide bonds. The Kier molecular flexibility index (Phi) is 3.11. The molecule has 3 rings (SSSR count). The Morgan fingerprint density at radius 1 is 0.833 bits per heavy atom. The summed E-state index contributed by atoms with van der Waals surface area (Å²) in [5, 5.41) is 3.42. The van der Waals surface area contributed by atoms with Gasteiger partial charge in [0.25, 0.3) is 0 Å². The van der Waals surface area contributed by atoms with E-state index in [2.05, 4.69) is 63.4 Å². The van der Waals surface area contributed by atoms with Gasteiger partial charge in [0.1, 0.15) is 0 Å². The van der Waals surface area contributed by atoms with Gasteiger partial charge >= 0.3 is 0 Å². The third-order valence-corrected chi connectivity index (χ3v) is 3.70. The fourth-order valence-corrected chi connectivity index (χ4v) is 2.71. The van der Waals surface area contributed by atoms with Gasteiger partial charge in [0.05, 0.1) is 5.69 Å². The molecule has 1 heterocycles.